The maximum absolute atomic E-state index is 12.3. The van der Waals surface area contributed by atoms with Crippen molar-refractivity contribution in [2.24, 2.45) is 11.3 Å². The molecule has 3 nitrogen and oxygen atoms in total. The minimum atomic E-state index is 0. The third-order valence-electron chi connectivity index (χ3n) is 3.94. The highest BCUT2D eigenvalue weighted by Gasteiger charge is 2.28. The maximum Gasteiger partial charge on any atom is 0.220 e. The van der Waals surface area contributed by atoms with Gasteiger partial charge in [-0.15, -0.1) is 12.4 Å². The molecule has 1 aliphatic rings. The van der Waals surface area contributed by atoms with Gasteiger partial charge in [-0.1, -0.05) is 51.1 Å². The lowest BCUT2D eigenvalue weighted by molar-refractivity contribution is -0.123. The van der Waals surface area contributed by atoms with E-state index in [1.165, 1.54) is 5.56 Å². The number of carbonyl (C=O) groups is 1. The summed E-state index contributed by atoms with van der Waals surface area (Å²) >= 11 is 0. The van der Waals surface area contributed by atoms with Gasteiger partial charge in [-0.2, -0.15) is 0 Å². The predicted molar refractivity (Wildman–Crippen MR) is 89.6 cm³/mol. The molecule has 0 spiro atoms. The first-order chi connectivity index (χ1) is 9.47. The summed E-state index contributed by atoms with van der Waals surface area (Å²) in [6.45, 7) is 8.52. The molecule has 1 aromatic carbocycles. The van der Waals surface area contributed by atoms with E-state index in [0.717, 1.165) is 19.5 Å². The summed E-state index contributed by atoms with van der Waals surface area (Å²) in [4.78, 5) is 12.3. The Balaban J connectivity index is 0.00000220. The number of hydrogen-bond acceptors (Lipinski definition) is 2. The molecule has 2 N–H and O–H groups in total. The fraction of sp³-hybridized carbons (Fsp3) is 0.588. The molecule has 1 heterocycles. The van der Waals surface area contributed by atoms with Crippen LogP contribution in [0.25, 0.3) is 0 Å². The molecule has 0 saturated carbocycles. The van der Waals surface area contributed by atoms with E-state index in [2.05, 4.69) is 43.5 Å². The third-order valence-corrected chi connectivity index (χ3v) is 3.94. The summed E-state index contributed by atoms with van der Waals surface area (Å²) in [5.41, 5.74) is 1.18. The average Bonchev–Trinajstić information content (AvgIpc) is 2.88. The van der Waals surface area contributed by atoms with Crippen LogP contribution in [0, 0.1) is 11.3 Å². The van der Waals surface area contributed by atoms with E-state index < -0.39 is 0 Å². The Kier molecular flexibility index (Phi) is 6.69. The van der Waals surface area contributed by atoms with Gasteiger partial charge >= 0.3 is 0 Å². The Morgan fingerprint density at radius 2 is 2.00 bits per heavy atom. The number of hydrogen-bond donors (Lipinski definition) is 2. The second kappa shape index (κ2) is 7.81. The summed E-state index contributed by atoms with van der Waals surface area (Å²) in [5.74, 6) is 0.661. The van der Waals surface area contributed by atoms with Crippen LogP contribution in [0.1, 0.15) is 45.2 Å². The number of nitrogens with one attached hydrogen (secondary N) is 2. The van der Waals surface area contributed by atoms with Gasteiger partial charge in [0, 0.05) is 6.42 Å². The van der Waals surface area contributed by atoms with Gasteiger partial charge < -0.3 is 10.6 Å². The van der Waals surface area contributed by atoms with Crippen LogP contribution in [0.3, 0.4) is 0 Å². The van der Waals surface area contributed by atoms with Crippen LogP contribution < -0.4 is 10.6 Å². The van der Waals surface area contributed by atoms with Crippen LogP contribution in [-0.2, 0) is 4.79 Å². The summed E-state index contributed by atoms with van der Waals surface area (Å²) in [6, 6.07) is 10.3. The van der Waals surface area contributed by atoms with Crippen molar-refractivity contribution in [1.82, 2.24) is 10.6 Å². The van der Waals surface area contributed by atoms with Gasteiger partial charge in [0.25, 0.3) is 0 Å². The van der Waals surface area contributed by atoms with Crippen molar-refractivity contribution in [2.45, 2.75) is 39.7 Å². The third kappa shape index (κ3) is 5.33. The number of benzene rings is 1. The molecular formula is C17H27ClN2O. The van der Waals surface area contributed by atoms with E-state index in [1.807, 2.05) is 18.2 Å². The zero-order valence-corrected chi connectivity index (χ0v) is 14.0. The van der Waals surface area contributed by atoms with Gasteiger partial charge in [-0.25, -0.2) is 0 Å². The first-order valence-corrected chi connectivity index (χ1v) is 7.52. The molecule has 2 atom stereocenters. The van der Waals surface area contributed by atoms with E-state index in [1.54, 1.807) is 0 Å². The van der Waals surface area contributed by atoms with Gasteiger partial charge in [0.2, 0.25) is 5.91 Å². The van der Waals surface area contributed by atoms with Crippen LogP contribution in [-0.4, -0.2) is 19.0 Å². The Bertz CT molecular complexity index is 436. The van der Waals surface area contributed by atoms with Crippen molar-refractivity contribution in [3.63, 3.8) is 0 Å². The number of halogens is 1. The maximum atomic E-state index is 12.3. The Morgan fingerprint density at radius 1 is 1.33 bits per heavy atom. The van der Waals surface area contributed by atoms with Crippen LogP contribution in [0.4, 0.5) is 0 Å². The summed E-state index contributed by atoms with van der Waals surface area (Å²) in [5, 5.41) is 6.55. The lowest BCUT2D eigenvalue weighted by Crippen LogP contribution is -2.37. The molecular weight excluding hydrogens is 284 g/mol. The normalized spacial score (nSPS) is 19.7. The van der Waals surface area contributed by atoms with Gasteiger partial charge in [0.1, 0.15) is 0 Å². The standard InChI is InChI=1S/C17H26N2O.ClH/c1-17(2,3)16(14-7-5-4-6-8-14)19-15(20)11-13-9-10-18-12-13;/h4-8,13,16,18H,9-12H2,1-3H3,(H,19,20);1H. The molecule has 2 rings (SSSR count). The molecule has 1 amide bonds. The molecule has 21 heavy (non-hydrogen) atoms. The molecule has 0 aliphatic carbocycles. The molecule has 1 fully saturated rings. The second-order valence-corrected chi connectivity index (χ2v) is 6.84. The SMILES string of the molecule is CC(C)(C)C(NC(=O)CC1CCNC1)c1ccccc1.Cl. The van der Waals surface area contributed by atoms with E-state index in [9.17, 15) is 4.79 Å². The van der Waals surface area contributed by atoms with Gasteiger partial charge in [-0.3, -0.25) is 4.79 Å². The molecule has 0 bridgehead atoms. The Labute approximate surface area is 134 Å². The van der Waals surface area contributed by atoms with Crippen molar-refractivity contribution >= 4 is 18.3 Å². The highest BCUT2D eigenvalue weighted by atomic mass is 35.5. The molecule has 0 aromatic heterocycles. The molecule has 118 valence electrons. The van der Waals surface area contributed by atoms with E-state index in [4.69, 9.17) is 0 Å². The van der Waals surface area contributed by atoms with Crippen LogP contribution in [0.2, 0.25) is 0 Å². The monoisotopic (exact) mass is 310 g/mol. The fourth-order valence-corrected chi connectivity index (χ4v) is 2.82. The van der Waals surface area contributed by atoms with E-state index in [-0.39, 0.29) is 29.8 Å². The summed E-state index contributed by atoms with van der Waals surface area (Å²) < 4.78 is 0. The van der Waals surface area contributed by atoms with Gasteiger partial charge in [0.05, 0.1) is 6.04 Å². The molecule has 2 unspecified atom stereocenters. The van der Waals surface area contributed by atoms with Crippen molar-refractivity contribution in [3.05, 3.63) is 35.9 Å². The highest BCUT2D eigenvalue weighted by molar-refractivity contribution is 5.85. The molecule has 1 aliphatic heterocycles. The van der Waals surface area contributed by atoms with Crippen LogP contribution >= 0.6 is 12.4 Å². The summed E-state index contributed by atoms with van der Waals surface area (Å²) in [6.07, 6.45) is 1.74. The van der Waals surface area contributed by atoms with Crippen molar-refractivity contribution < 1.29 is 4.79 Å². The van der Waals surface area contributed by atoms with E-state index in [0.29, 0.717) is 12.3 Å². The topological polar surface area (TPSA) is 41.1 Å². The zero-order valence-electron chi connectivity index (χ0n) is 13.2. The van der Waals surface area contributed by atoms with Crippen LogP contribution in [0.15, 0.2) is 30.3 Å². The number of amides is 1. The smallest absolute Gasteiger partial charge is 0.220 e. The highest BCUT2D eigenvalue weighted by Crippen LogP contribution is 2.32. The first-order valence-electron chi connectivity index (χ1n) is 7.52. The number of rotatable bonds is 4. The fourth-order valence-electron chi connectivity index (χ4n) is 2.82. The lowest BCUT2D eigenvalue weighted by atomic mass is 9.82. The van der Waals surface area contributed by atoms with Crippen molar-refractivity contribution in [1.29, 1.82) is 0 Å². The predicted octanol–water partition coefficient (Wildman–Crippen LogP) is 3.31. The Hall–Kier alpha value is -1.06. The van der Waals surface area contributed by atoms with Gasteiger partial charge in [-0.05, 0) is 36.4 Å². The Morgan fingerprint density at radius 3 is 2.52 bits per heavy atom. The number of carbonyl (C=O) groups excluding carboxylic acids is 1. The van der Waals surface area contributed by atoms with Crippen molar-refractivity contribution in [3.8, 4) is 0 Å². The largest absolute Gasteiger partial charge is 0.349 e. The molecule has 1 aromatic rings. The second-order valence-electron chi connectivity index (χ2n) is 6.84. The van der Waals surface area contributed by atoms with Gasteiger partial charge in [0.15, 0.2) is 0 Å². The average molecular weight is 311 g/mol. The molecule has 1 saturated heterocycles. The lowest BCUT2D eigenvalue weighted by Gasteiger charge is -2.32. The first kappa shape index (κ1) is 18.0. The minimum absolute atomic E-state index is 0. The quantitative estimate of drug-likeness (QED) is 0.896. The zero-order chi connectivity index (χ0) is 14.6. The van der Waals surface area contributed by atoms with E-state index >= 15 is 0 Å². The minimum Gasteiger partial charge on any atom is -0.349 e. The van der Waals surface area contributed by atoms with Crippen molar-refractivity contribution in [2.75, 3.05) is 13.1 Å². The summed E-state index contributed by atoms with van der Waals surface area (Å²) in [7, 11) is 0. The molecule has 0 radical (unpaired) electrons. The molecule has 4 heteroatoms. The van der Waals surface area contributed by atoms with Crippen LogP contribution in [0.5, 0.6) is 0 Å².